The van der Waals surface area contributed by atoms with Gasteiger partial charge in [0.15, 0.2) is 0 Å². The Morgan fingerprint density at radius 1 is 0.935 bits per heavy atom. The van der Waals surface area contributed by atoms with Crippen LogP contribution in [0.2, 0.25) is 0 Å². The van der Waals surface area contributed by atoms with Crippen molar-refractivity contribution in [2.45, 2.75) is 23.8 Å². The predicted octanol–water partition coefficient (Wildman–Crippen LogP) is 5.63. The first-order valence-corrected chi connectivity index (χ1v) is 11.3. The summed E-state index contributed by atoms with van der Waals surface area (Å²) in [6, 6.07) is 23.0. The van der Waals surface area contributed by atoms with Crippen LogP contribution < -0.4 is 10.1 Å². The van der Waals surface area contributed by atoms with E-state index in [1.165, 1.54) is 0 Å². The molecule has 31 heavy (non-hydrogen) atoms. The summed E-state index contributed by atoms with van der Waals surface area (Å²) in [6.45, 7) is 4.37. The van der Waals surface area contributed by atoms with Gasteiger partial charge < -0.3 is 14.5 Å². The summed E-state index contributed by atoms with van der Waals surface area (Å²) in [5.74, 6) is 0.982. The quantitative estimate of drug-likeness (QED) is 0.406. The van der Waals surface area contributed by atoms with Crippen molar-refractivity contribution in [1.29, 1.82) is 0 Å². The van der Waals surface area contributed by atoms with Crippen LogP contribution in [0.15, 0.2) is 93.2 Å². The molecule has 0 radical (unpaired) electrons. The lowest BCUT2D eigenvalue weighted by atomic mass is 10.2. The van der Waals surface area contributed by atoms with Crippen molar-refractivity contribution in [3.05, 3.63) is 84.4 Å². The van der Waals surface area contributed by atoms with E-state index < -0.39 is 9.84 Å². The Morgan fingerprint density at radius 2 is 1.61 bits per heavy atom. The van der Waals surface area contributed by atoms with Gasteiger partial charge in [0.25, 0.3) is 0 Å². The van der Waals surface area contributed by atoms with Crippen molar-refractivity contribution in [2.24, 2.45) is 0 Å². The first-order valence-electron chi connectivity index (χ1n) is 9.85. The minimum absolute atomic E-state index is 0.0654. The van der Waals surface area contributed by atoms with Gasteiger partial charge in [-0.2, -0.15) is 4.98 Å². The summed E-state index contributed by atoms with van der Waals surface area (Å²) in [4.78, 5) is 4.52. The molecule has 0 bridgehead atoms. The van der Waals surface area contributed by atoms with E-state index in [1.54, 1.807) is 48.5 Å². The summed E-state index contributed by atoms with van der Waals surface area (Å²) in [6.07, 6.45) is 0. The van der Waals surface area contributed by atoms with E-state index in [-0.39, 0.29) is 21.7 Å². The SMILES string of the molecule is CCOc1ccc(-c2nc(S(=O)(=O)c3ccc(C)cc3)c(Nc3ccccc3)o2)cc1. The van der Waals surface area contributed by atoms with Gasteiger partial charge in [-0.3, -0.25) is 0 Å². The standard InChI is InChI=1S/C24H22N2O4S/c1-3-29-20-13-11-18(12-14-20)22-26-24(23(30-22)25-19-7-5-4-6-8-19)31(27,28)21-15-9-17(2)10-16-21/h4-16,25H,3H2,1-2H3. The molecule has 0 unspecified atom stereocenters. The van der Waals surface area contributed by atoms with Crippen LogP contribution >= 0.6 is 0 Å². The fourth-order valence-electron chi connectivity index (χ4n) is 3.03. The van der Waals surface area contributed by atoms with Crippen molar-refractivity contribution in [1.82, 2.24) is 4.98 Å². The number of hydrogen-bond donors (Lipinski definition) is 1. The number of hydrogen-bond acceptors (Lipinski definition) is 6. The lowest BCUT2D eigenvalue weighted by molar-refractivity contribution is 0.340. The summed E-state index contributed by atoms with van der Waals surface area (Å²) >= 11 is 0. The number of aryl methyl sites for hydroxylation is 1. The maximum atomic E-state index is 13.4. The zero-order chi connectivity index (χ0) is 21.8. The minimum atomic E-state index is -3.90. The monoisotopic (exact) mass is 434 g/mol. The molecule has 1 N–H and O–H groups in total. The van der Waals surface area contributed by atoms with E-state index in [1.807, 2.05) is 44.2 Å². The van der Waals surface area contributed by atoms with Crippen LogP contribution in [0, 0.1) is 6.92 Å². The number of nitrogens with zero attached hydrogens (tertiary/aromatic N) is 1. The van der Waals surface area contributed by atoms with Crippen LogP contribution in [-0.2, 0) is 9.84 Å². The third-order valence-electron chi connectivity index (χ3n) is 4.63. The number of nitrogens with one attached hydrogen (secondary N) is 1. The first-order chi connectivity index (χ1) is 15.0. The van der Waals surface area contributed by atoms with Gasteiger partial charge in [-0.1, -0.05) is 35.9 Å². The number of oxazole rings is 1. The van der Waals surface area contributed by atoms with Crippen LogP contribution in [-0.4, -0.2) is 20.0 Å². The number of aromatic nitrogens is 1. The van der Waals surface area contributed by atoms with Gasteiger partial charge in [0, 0.05) is 11.3 Å². The van der Waals surface area contributed by atoms with E-state index in [9.17, 15) is 8.42 Å². The summed E-state index contributed by atoms with van der Waals surface area (Å²) in [5, 5.41) is 2.89. The smallest absolute Gasteiger partial charge is 0.238 e. The fraction of sp³-hybridized carbons (Fsp3) is 0.125. The Kier molecular flexibility index (Phi) is 5.77. The Hall–Kier alpha value is -3.58. The molecule has 0 amide bonds. The molecule has 1 aromatic heterocycles. The highest BCUT2D eigenvalue weighted by Crippen LogP contribution is 2.34. The average molecular weight is 435 g/mol. The van der Waals surface area contributed by atoms with E-state index in [2.05, 4.69) is 10.3 Å². The molecule has 158 valence electrons. The number of sulfone groups is 1. The van der Waals surface area contributed by atoms with Crippen LogP contribution in [0.5, 0.6) is 5.75 Å². The van der Waals surface area contributed by atoms with Crippen molar-refractivity contribution in [3.63, 3.8) is 0 Å². The molecular formula is C24H22N2O4S. The first kappa shape index (κ1) is 20.7. The zero-order valence-corrected chi connectivity index (χ0v) is 18.0. The Labute approximate surface area is 181 Å². The van der Waals surface area contributed by atoms with Crippen LogP contribution in [0.4, 0.5) is 11.6 Å². The molecule has 0 aliphatic carbocycles. The molecule has 4 aromatic rings. The molecule has 3 aromatic carbocycles. The molecule has 6 nitrogen and oxygen atoms in total. The predicted molar refractivity (Wildman–Crippen MR) is 119 cm³/mol. The Morgan fingerprint density at radius 3 is 2.26 bits per heavy atom. The molecule has 0 saturated carbocycles. The van der Waals surface area contributed by atoms with Gasteiger partial charge in [0.05, 0.1) is 11.5 Å². The highest BCUT2D eigenvalue weighted by Gasteiger charge is 2.28. The van der Waals surface area contributed by atoms with Gasteiger partial charge in [-0.25, -0.2) is 8.42 Å². The number of ether oxygens (including phenoxy) is 1. The fourth-order valence-corrected chi connectivity index (χ4v) is 4.29. The summed E-state index contributed by atoms with van der Waals surface area (Å²) in [7, 11) is -3.90. The molecule has 1 heterocycles. The second kappa shape index (κ2) is 8.65. The maximum Gasteiger partial charge on any atom is 0.238 e. The van der Waals surface area contributed by atoms with Gasteiger partial charge in [0.1, 0.15) is 5.75 Å². The molecule has 0 fully saturated rings. The molecule has 0 atom stereocenters. The molecule has 0 saturated heterocycles. The largest absolute Gasteiger partial charge is 0.494 e. The second-order valence-electron chi connectivity index (χ2n) is 6.92. The number of anilines is 2. The van der Waals surface area contributed by atoms with Crippen LogP contribution in [0.3, 0.4) is 0 Å². The third kappa shape index (κ3) is 4.46. The highest BCUT2D eigenvalue weighted by molar-refractivity contribution is 7.91. The molecule has 0 aliphatic rings. The molecule has 0 spiro atoms. The van der Waals surface area contributed by atoms with E-state index in [4.69, 9.17) is 9.15 Å². The van der Waals surface area contributed by atoms with Gasteiger partial charge in [-0.15, -0.1) is 0 Å². The van der Waals surface area contributed by atoms with Crippen LogP contribution in [0.1, 0.15) is 12.5 Å². The van der Waals surface area contributed by atoms with Crippen LogP contribution in [0.25, 0.3) is 11.5 Å². The molecule has 4 rings (SSSR count). The second-order valence-corrected chi connectivity index (χ2v) is 8.78. The molecule has 7 heteroatoms. The third-order valence-corrected chi connectivity index (χ3v) is 6.30. The topological polar surface area (TPSA) is 81.4 Å². The summed E-state index contributed by atoms with van der Waals surface area (Å²) in [5.41, 5.74) is 2.30. The normalized spacial score (nSPS) is 11.3. The minimum Gasteiger partial charge on any atom is -0.494 e. The van der Waals surface area contributed by atoms with Gasteiger partial charge in [-0.05, 0) is 62.4 Å². The number of benzene rings is 3. The summed E-state index contributed by atoms with van der Waals surface area (Å²) < 4.78 is 38.1. The van der Waals surface area contributed by atoms with Gasteiger partial charge in [0.2, 0.25) is 26.6 Å². The molecule has 0 aliphatic heterocycles. The molecular weight excluding hydrogens is 412 g/mol. The number of rotatable bonds is 7. The van der Waals surface area contributed by atoms with E-state index in [0.29, 0.717) is 23.6 Å². The Balaban J connectivity index is 1.79. The van der Waals surface area contributed by atoms with E-state index >= 15 is 0 Å². The van der Waals surface area contributed by atoms with Crippen molar-refractivity contribution in [3.8, 4) is 17.2 Å². The lowest BCUT2D eigenvalue weighted by Crippen LogP contribution is -2.05. The maximum absolute atomic E-state index is 13.4. The average Bonchev–Trinajstić information content (AvgIpc) is 3.20. The Bertz CT molecular complexity index is 1260. The van der Waals surface area contributed by atoms with Crippen molar-refractivity contribution >= 4 is 21.4 Å². The zero-order valence-electron chi connectivity index (χ0n) is 17.2. The van der Waals surface area contributed by atoms with Crippen molar-refractivity contribution < 1.29 is 17.6 Å². The van der Waals surface area contributed by atoms with E-state index in [0.717, 1.165) is 5.56 Å². The lowest BCUT2D eigenvalue weighted by Gasteiger charge is -2.06. The number of para-hydroxylation sites is 1. The van der Waals surface area contributed by atoms with Gasteiger partial charge >= 0.3 is 0 Å². The highest BCUT2D eigenvalue weighted by atomic mass is 32.2. The van der Waals surface area contributed by atoms with Crippen molar-refractivity contribution in [2.75, 3.05) is 11.9 Å².